The number of anilines is 2. The van der Waals surface area contributed by atoms with E-state index in [9.17, 15) is 13.2 Å². The molecule has 1 fully saturated rings. The number of amides is 2. The van der Waals surface area contributed by atoms with Crippen LogP contribution < -0.4 is 9.62 Å². The van der Waals surface area contributed by atoms with Crippen LogP contribution in [0.1, 0.15) is 12.0 Å². The van der Waals surface area contributed by atoms with Gasteiger partial charge in [0.1, 0.15) is 0 Å². The smallest absolute Gasteiger partial charge is 0.324 e. The molecule has 0 unspecified atom stereocenters. The summed E-state index contributed by atoms with van der Waals surface area (Å²) in [7, 11) is -1.65. The molecule has 2 amide bonds. The Hall–Kier alpha value is -2.54. The molecule has 1 aliphatic heterocycles. The van der Waals surface area contributed by atoms with E-state index in [2.05, 4.69) is 4.72 Å². The molecule has 1 aliphatic rings. The van der Waals surface area contributed by atoms with Gasteiger partial charge in [0.15, 0.2) is 0 Å². The molecule has 3 rings (SSSR count). The highest BCUT2D eigenvalue weighted by Crippen LogP contribution is 2.22. The second-order valence-electron chi connectivity index (χ2n) is 6.41. The van der Waals surface area contributed by atoms with Gasteiger partial charge in [-0.3, -0.25) is 9.62 Å². The van der Waals surface area contributed by atoms with Crippen LogP contribution in [0, 0.1) is 0 Å². The van der Waals surface area contributed by atoms with Gasteiger partial charge < -0.3 is 4.90 Å². The highest BCUT2D eigenvalue weighted by atomic mass is 32.2. The first-order valence-electron chi connectivity index (χ1n) is 8.62. The van der Waals surface area contributed by atoms with Crippen LogP contribution in [-0.2, 0) is 16.4 Å². The Morgan fingerprint density at radius 3 is 2.38 bits per heavy atom. The van der Waals surface area contributed by atoms with E-state index >= 15 is 0 Å². The summed E-state index contributed by atoms with van der Waals surface area (Å²) in [5.41, 5.74) is 2.26. The molecule has 0 radical (unpaired) electrons. The molecule has 26 heavy (non-hydrogen) atoms. The number of aryl methyl sites for hydroxylation is 1. The topological polar surface area (TPSA) is 69.7 Å². The van der Waals surface area contributed by atoms with E-state index in [0.717, 1.165) is 24.2 Å². The van der Waals surface area contributed by atoms with Gasteiger partial charge in [0, 0.05) is 31.5 Å². The first-order chi connectivity index (χ1) is 12.4. The van der Waals surface area contributed by atoms with Crippen molar-refractivity contribution in [1.82, 2.24) is 4.90 Å². The molecule has 7 heteroatoms. The average molecular weight is 373 g/mol. The Balaban J connectivity index is 1.62. The minimum absolute atomic E-state index is 0.0220. The number of nitrogens with one attached hydrogen (secondary N) is 1. The predicted molar refractivity (Wildman–Crippen MR) is 104 cm³/mol. The van der Waals surface area contributed by atoms with Crippen molar-refractivity contribution in [3.05, 3.63) is 60.2 Å². The van der Waals surface area contributed by atoms with Crippen molar-refractivity contribution >= 4 is 27.4 Å². The van der Waals surface area contributed by atoms with Crippen LogP contribution in [0.25, 0.3) is 0 Å². The highest BCUT2D eigenvalue weighted by Gasteiger charge is 2.23. The lowest BCUT2D eigenvalue weighted by Gasteiger charge is -2.33. The van der Waals surface area contributed by atoms with Gasteiger partial charge in [-0.05, 0) is 42.7 Å². The highest BCUT2D eigenvalue weighted by molar-refractivity contribution is 7.92. The Bertz CT molecular complexity index is 851. The molecular formula is C19H23N3O3S. The van der Waals surface area contributed by atoms with Crippen molar-refractivity contribution in [2.45, 2.75) is 12.8 Å². The molecule has 1 saturated heterocycles. The summed E-state index contributed by atoms with van der Waals surface area (Å²) in [6, 6.07) is 16.4. The molecular weight excluding hydrogens is 350 g/mol. The van der Waals surface area contributed by atoms with Crippen LogP contribution in [0.3, 0.4) is 0 Å². The molecule has 1 N–H and O–H groups in total. The first kappa shape index (κ1) is 18.3. The molecule has 6 nitrogen and oxygen atoms in total. The first-order valence-corrected chi connectivity index (χ1v) is 10.3. The number of carbonyl (C=O) groups is 1. The van der Waals surface area contributed by atoms with Gasteiger partial charge in [-0.15, -0.1) is 0 Å². The van der Waals surface area contributed by atoms with Crippen LogP contribution in [0.4, 0.5) is 16.2 Å². The third-order valence-corrected chi connectivity index (χ3v) is 5.68. The number of nitrogens with zero attached hydrogens (tertiary/aromatic N) is 2. The zero-order valence-corrected chi connectivity index (χ0v) is 15.6. The van der Waals surface area contributed by atoms with Crippen LogP contribution in [-0.4, -0.2) is 45.2 Å². The van der Waals surface area contributed by atoms with Crippen molar-refractivity contribution in [3.8, 4) is 0 Å². The molecule has 0 saturated carbocycles. The number of hydrogen-bond acceptors (Lipinski definition) is 3. The quantitative estimate of drug-likeness (QED) is 0.846. The Labute approximate surface area is 154 Å². The molecule has 0 aromatic heterocycles. The molecule has 138 valence electrons. The van der Waals surface area contributed by atoms with Gasteiger partial charge in [-0.2, -0.15) is 0 Å². The van der Waals surface area contributed by atoms with E-state index in [1.54, 1.807) is 41.1 Å². The number of urea groups is 1. The summed E-state index contributed by atoms with van der Waals surface area (Å²) in [6.07, 6.45) is 1.37. The lowest BCUT2D eigenvalue weighted by atomic mass is 10.2. The normalized spacial score (nSPS) is 15.2. The summed E-state index contributed by atoms with van der Waals surface area (Å²) in [5.74, 6) is 0.0220. The number of hydrogen-bond donors (Lipinski definition) is 1. The lowest BCUT2D eigenvalue weighted by molar-refractivity contribution is 0.207. The second-order valence-corrected chi connectivity index (χ2v) is 8.25. The van der Waals surface area contributed by atoms with Crippen molar-refractivity contribution in [2.24, 2.45) is 0 Å². The van der Waals surface area contributed by atoms with E-state index in [0.29, 0.717) is 18.7 Å². The molecule has 0 aliphatic carbocycles. The fourth-order valence-electron chi connectivity index (χ4n) is 2.94. The number of rotatable bonds is 6. The Morgan fingerprint density at radius 1 is 1.00 bits per heavy atom. The van der Waals surface area contributed by atoms with Crippen LogP contribution >= 0.6 is 0 Å². The van der Waals surface area contributed by atoms with Gasteiger partial charge >= 0.3 is 6.03 Å². The third kappa shape index (κ3) is 4.54. The maximum atomic E-state index is 12.3. The molecule has 1 heterocycles. The Morgan fingerprint density at radius 2 is 1.69 bits per heavy atom. The maximum Gasteiger partial charge on any atom is 0.324 e. The van der Waals surface area contributed by atoms with E-state index in [1.165, 1.54) is 0 Å². The Kier molecular flexibility index (Phi) is 5.46. The van der Waals surface area contributed by atoms with Gasteiger partial charge in [-0.1, -0.05) is 30.3 Å². The molecule has 0 bridgehead atoms. The molecule has 2 aromatic rings. The summed E-state index contributed by atoms with van der Waals surface area (Å²) in [6.45, 7) is 1.43. The van der Waals surface area contributed by atoms with Gasteiger partial charge in [0.25, 0.3) is 0 Å². The monoisotopic (exact) mass is 373 g/mol. The second kappa shape index (κ2) is 7.78. The van der Waals surface area contributed by atoms with Crippen LogP contribution in [0.5, 0.6) is 0 Å². The van der Waals surface area contributed by atoms with E-state index < -0.39 is 10.0 Å². The number of carbonyl (C=O) groups excluding carboxylic acids is 1. The van der Waals surface area contributed by atoms with E-state index in [-0.39, 0.29) is 11.8 Å². The minimum atomic E-state index is -3.43. The SMILES string of the molecule is CN1CCCN(c2ccc(NS(=O)(=O)CCc3ccccc3)cc2)C1=O. The third-order valence-electron chi connectivity index (χ3n) is 4.39. The largest absolute Gasteiger partial charge is 0.327 e. The number of benzene rings is 2. The standard InChI is InChI=1S/C19H23N3O3S/c1-21-13-5-14-22(19(21)23)18-10-8-17(9-11-18)20-26(24,25)15-12-16-6-3-2-4-7-16/h2-4,6-11,20H,5,12-15H2,1H3. The van der Waals surface area contributed by atoms with Crippen molar-refractivity contribution in [3.63, 3.8) is 0 Å². The van der Waals surface area contributed by atoms with Gasteiger partial charge in [0.05, 0.1) is 5.75 Å². The fourth-order valence-corrected chi connectivity index (χ4v) is 4.04. The van der Waals surface area contributed by atoms with Gasteiger partial charge in [0.2, 0.25) is 10.0 Å². The fraction of sp³-hybridized carbons (Fsp3) is 0.316. The van der Waals surface area contributed by atoms with Crippen molar-refractivity contribution in [1.29, 1.82) is 0 Å². The minimum Gasteiger partial charge on any atom is -0.327 e. The summed E-state index contributed by atoms with van der Waals surface area (Å²) >= 11 is 0. The summed E-state index contributed by atoms with van der Waals surface area (Å²) < 4.78 is 27.1. The number of sulfonamides is 1. The van der Waals surface area contributed by atoms with E-state index in [4.69, 9.17) is 0 Å². The zero-order chi connectivity index (χ0) is 18.6. The summed E-state index contributed by atoms with van der Waals surface area (Å²) in [5, 5.41) is 0. The van der Waals surface area contributed by atoms with E-state index in [1.807, 2.05) is 30.3 Å². The van der Waals surface area contributed by atoms with Crippen LogP contribution in [0.2, 0.25) is 0 Å². The lowest BCUT2D eigenvalue weighted by Crippen LogP contribution is -2.47. The average Bonchev–Trinajstić information content (AvgIpc) is 2.64. The van der Waals surface area contributed by atoms with Crippen molar-refractivity contribution < 1.29 is 13.2 Å². The molecule has 0 spiro atoms. The van der Waals surface area contributed by atoms with Gasteiger partial charge in [-0.25, -0.2) is 13.2 Å². The van der Waals surface area contributed by atoms with Crippen LogP contribution in [0.15, 0.2) is 54.6 Å². The molecule has 0 atom stereocenters. The maximum absolute atomic E-state index is 12.3. The zero-order valence-electron chi connectivity index (χ0n) is 14.8. The van der Waals surface area contributed by atoms with Crippen molar-refractivity contribution in [2.75, 3.05) is 35.5 Å². The summed E-state index contributed by atoms with van der Waals surface area (Å²) in [4.78, 5) is 15.6. The predicted octanol–water partition coefficient (Wildman–Crippen LogP) is 2.93. The molecule has 2 aromatic carbocycles.